The van der Waals surface area contributed by atoms with Crippen molar-refractivity contribution >= 4 is 216 Å². The molecular formula is C104H67BrN6S2. The molecule has 532 valence electrons. The fraction of sp³-hybridized carbons (Fsp3) is 0. The molecule has 6 heterocycles. The summed E-state index contributed by atoms with van der Waals surface area (Å²) in [5, 5.41) is 24.0. The lowest BCUT2D eigenvalue weighted by Gasteiger charge is -2.26. The molecule has 0 aliphatic rings. The van der Waals surface area contributed by atoms with Gasteiger partial charge < -0.3 is 28.5 Å². The molecule has 18 aromatic carbocycles. The highest BCUT2D eigenvalue weighted by Gasteiger charge is 2.25. The minimum Gasteiger partial charge on any atom is -0.356 e. The average molecular weight is 1540 g/mol. The third kappa shape index (κ3) is 10.9. The van der Waals surface area contributed by atoms with Crippen molar-refractivity contribution in [3.63, 3.8) is 0 Å². The third-order valence-electron chi connectivity index (χ3n) is 22.5. The number of rotatable bonds is 9. The molecule has 0 unspecified atom stereocenters. The number of thiophene rings is 2. The van der Waals surface area contributed by atoms with E-state index < -0.39 is 0 Å². The van der Waals surface area contributed by atoms with Gasteiger partial charge in [0.15, 0.2) is 0 Å². The van der Waals surface area contributed by atoms with Gasteiger partial charge in [0.05, 0.1) is 75.3 Å². The zero-order chi connectivity index (χ0) is 74.6. The smallest absolute Gasteiger partial charge is 0.0640 e. The largest absolute Gasteiger partial charge is 0.356 e. The molecule has 113 heavy (non-hydrogen) atoms. The summed E-state index contributed by atoms with van der Waals surface area (Å²) in [6.07, 6.45) is 0. The Balaban J connectivity index is 0.000000115. The highest BCUT2D eigenvalue weighted by Crippen LogP contribution is 2.50. The van der Waals surface area contributed by atoms with Crippen LogP contribution in [-0.4, -0.2) is 18.3 Å². The number of hydrogen-bond donors (Lipinski definition) is 1. The lowest BCUT2D eigenvalue weighted by atomic mass is 10.0. The average Bonchev–Trinajstić information content (AvgIpc) is 1.59. The van der Waals surface area contributed by atoms with E-state index >= 15 is 0 Å². The molecule has 0 amide bonds. The predicted octanol–water partition coefficient (Wildman–Crippen LogP) is 30.5. The highest BCUT2D eigenvalue weighted by atomic mass is 79.9. The van der Waals surface area contributed by atoms with E-state index in [9.17, 15) is 0 Å². The van der Waals surface area contributed by atoms with Gasteiger partial charge in [0.25, 0.3) is 0 Å². The van der Waals surface area contributed by atoms with Crippen molar-refractivity contribution < 1.29 is 0 Å². The second-order valence-electron chi connectivity index (χ2n) is 28.8. The summed E-state index contributed by atoms with van der Waals surface area (Å²) < 4.78 is 16.0. The molecule has 0 aliphatic carbocycles. The van der Waals surface area contributed by atoms with E-state index in [1.807, 2.05) is 28.7 Å². The van der Waals surface area contributed by atoms with Crippen LogP contribution in [0.5, 0.6) is 0 Å². The predicted molar refractivity (Wildman–Crippen MR) is 490 cm³/mol. The van der Waals surface area contributed by atoms with Crippen LogP contribution in [0, 0.1) is 0 Å². The molecule has 0 aliphatic heterocycles. The Morgan fingerprint density at radius 3 is 1.12 bits per heavy atom. The van der Waals surface area contributed by atoms with Crippen LogP contribution in [0.1, 0.15) is 0 Å². The Kier molecular flexibility index (Phi) is 16.0. The summed E-state index contributed by atoms with van der Waals surface area (Å²) in [7, 11) is 0. The highest BCUT2D eigenvalue weighted by molar-refractivity contribution is 9.10. The number of para-hydroxylation sites is 8. The van der Waals surface area contributed by atoms with E-state index in [2.05, 4.69) is 439 Å². The van der Waals surface area contributed by atoms with Gasteiger partial charge in [-0.2, -0.15) is 0 Å². The Morgan fingerprint density at radius 2 is 0.602 bits per heavy atom. The number of benzene rings is 18. The molecule has 0 bridgehead atoms. The van der Waals surface area contributed by atoms with E-state index in [4.69, 9.17) is 0 Å². The van der Waals surface area contributed by atoms with E-state index in [-0.39, 0.29) is 0 Å². The first-order valence-corrected chi connectivity index (χ1v) is 40.7. The van der Waals surface area contributed by atoms with E-state index in [1.54, 1.807) is 0 Å². The Hall–Kier alpha value is -13.8. The lowest BCUT2D eigenvalue weighted by Crippen LogP contribution is -2.10. The summed E-state index contributed by atoms with van der Waals surface area (Å²) in [6, 6.07) is 144. The minimum atomic E-state index is 1.09. The van der Waals surface area contributed by atoms with Gasteiger partial charge in [-0.25, -0.2) is 0 Å². The Morgan fingerprint density at radius 1 is 0.230 bits per heavy atom. The maximum Gasteiger partial charge on any atom is 0.0640 e. The topological polar surface area (TPSA) is 35.0 Å². The summed E-state index contributed by atoms with van der Waals surface area (Å²) in [6.45, 7) is 0. The molecule has 0 spiro atoms. The summed E-state index contributed by atoms with van der Waals surface area (Å²) >= 11 is 7.48. The van der Waals surface area contributed by atoms with Gasteiger partial charge in [-0.15, -0.1) is 22.7 Å². The summed E-state index contributed by atoms with van der Waals surface area (Å²) in [5.41, 5.74) is 20.2. The van der Waals surface area contributed by atoms with Crippen LogP contribution in [0.3, 0.4) is 0 Å². The van der Waals surface area contributed by atoms with Crippen molar-refractivity contribution in [2.24, 2.45) is 0 Å². The molecule has 6 nitrogen and oxygen atoms in total. The van der Waals surface area contributed by atoms with Crippen LogP contribution < -0.4 is 10.2 Å². The van der Waals surface area contributed by atoms with Crippen molar-refractivity contribution in [2.75, 3.05) is 10.2 Å². The zero-order valence-electron chi connectivity index (χ0n) is 61.0. The maximum absolute atomic E-state index is 3.73. The van der Waals surface area contributed by atoms with Gasteiger partial charge in [-0.05, 0) is 183 Å². The molecule has 24 rings (SSSR count). The van der Waals surface area contributed by atoms with Crippen molar-refractivity contribution in [1.82, 2.24) is 18.3 Å². The Bertz CT molecular complexity index is 7760. The van der Waals surface area contributed by atoms with Gasteiger partial charge in [0, 0.05) is 108 Å². The molecule has 0 fully saturated rings. The van der Waals surface area contributed by atoms with Crippen molar-refractivity contribution in [1.29, 1.82) is 0 Å². The third-order valence-corrected chi connectivity index (χ3v) is 25.9. The molecule has 24 aromatic rings. The van der Waals surface area contributed by atoms with Gasteiger partial charge in [0.2, 0.25) is 0 Å². The number of halogens is 1. The number of aromatic nitrogens is 4. The van der Waals surface area contributed by atoms with Gasteiger partial charge >= 0.3 is 0 Å². The van der Waals surface area contributed by atoms with E-state index in [0.717, 1.165) is 32.9 Å². The number of anilines is 5. The van der Waals surface area contributed by atoms with Gasteiger partial charge in [0.1, 0.15) is 0 Å². The van der Waals surface area contributed by atoms with Crippen LogP contribution in [0.4, 0.5) is 28.4 Å². The molecule has 9 heteroatoms. The van der Waals surface area contributed by atoms with Crippen LogP contribution in [0.15, 0.2) is 405 Å². The van der Waals surface area contributed by atoms with Crippen molar-refractivity contribution in [3.8, 4) is 22.7 Å². The first-order chi connectivity index (χ1) is 56.0. The van der Waals surface area contributed by atoms with E-state index in [1.165, 1.54) is 172 Å². The first kappa shape index (κ1) is 66.2. The molecule has 0 saturated heterocycles. The monoisotopic (exact) mass is 1540 g/mol. The maximum atomic E-state index is 3.73. The van der Waals surface area contributed by atoms with Crippen LogP contribution in [0.2, 0.25) is 0 Å². The molecule has 0 saturated carbocycles. The number of nitrogens with one attached hydrogen (secondary N) is 1. The SMILES string of the molecule is Brc1cccc2c1sc1c(-n3c4ccccc4c4ccccc43)cccc12.c1ccc(N(c2ccc3c(c2)c2c4ccccc4ccc2n3-c2ccccc2)c2cccc3c2sc2c(-n4c5ccccc5c5ccccc54)cccc23)cc1.c1ccc(Nc2ccc3c(c2)c2c4ccccc4ccc2n3-c2ccccc2)cc1. The fourth-order valence-electron chi connectivity index (χ4n) is 17.6. The quantitative estimate of drug-likeness (QED) is 0.156. The zero-order valence-corrected chi connectivity index (χ0v) is 64.3. The molecule has 1 N–H and O–H groups in total. The molecule has 0 radical (unpaired) electrons. The van der Waals surface area contributed by atoms with Crippen molar-refractivity contribution in [3.05, 3.63) is 405 Å². The first-order valence-electron chi connectivity index (χ1n) is 38.2. The summed E-state index contributed by atoms with van der Waals surface area (Å²) in [5.74, 6) is 0. The second-order valence-corrected chi connectivity index (χ2v) is 31.7. The van der Waals surface area contributed by atoms with Gasteiger partial charge in [-0.1, -0.05) is 255 Å². The normalized spacial score (nSPS) is 11.8. The lowest BCUT2D eigenvalue weighted by molar-refractivity contribution is 1.18. The van der Waals surface area contributed by atoms with Crippen molar-refractivity contribution in [2.45, 2.75) is 0 Å². The van der Waals surface area contributed by atoms with Crippen LogP contribution in [-0.2, 0) is 0 Å². The molecule has 6 aromatic heterocycles. The fourth-order valence-corrected chi connectivity index (χ4v) is 20.8. The standard InChI is InChI=1S/C52H33N3S.C28H20N2.C24H14BrNS/c1-3-16-35(17-4-1)53(37-30-32-46-43(33-37)50-38-20-8-7-15-34(38)29-31-47(50)54(46)36-18-5-2-6-19-36)48-27-13-23-41-42-24-14-28-49(52(42)56-51(41)48)55-44-25-11-9-21-39(44)40-22-10-12-26-45(40)55;1-3-10-21(11-4-1)29-22-16-18-26-25(19-22)28-24-14-8-7-9-20(24)15-17-27(28)30(26)23-12-5-2-6-13-23;25-19-11-5-9-17-18-10-6-14-22(24(18)27-23(17)19)26-20-12-3-1-7-15(20)16-8-2-4-13-21(16)26/h1-33H;1-19,29H;1-14H. The minimum absolute atomic E-state index is 1.09. The number of fused-ring (bicyclic) bond motifs is 22. The molecular weight excluding hydrogens is 1480 g/mol. The number of hydrogen-bond acceptors (Lipinski definition) is 4. The van der Waals surface area contributed by atoms with E-state index in [0.29, 0.717) is 0 Å². The summed E-state index contributed by atoms with van der Waals surface area (Å²) in [4.78, 5) is 2.45. The van der Waals surface area contributed by atoms with Crippen LogP contribution >= 0.6 is 38.6 Å². The molecule has 0 atom stereocenters. The number of nitrogens with zero attached hydrogens (tertiary/aromatic N) is 5. The van der Waals surface area contributed by atoms with Gasteiger partial charge in [-0.3, -0.25) is 0 Å². The van der Waals surface area contributed by atoms with Crippen LogP contribution in [0.25, 0.3) is 172 Å². The second kappa shape index (κ2) is 27.3. The Labute approximate surface area is 667 Å².